The van der Waals surface area contributed by atoms with Crippen LogP contribution in [0.5, 0.6) is 0 Å². The van der Waals surface area contributed by atoms with E-state index in [0.29, 0.717) is 29.9 Å². The lowest BCUT2D eigenvalue weighted by Gasteiger charge is -2.16. The second-order valence-electron chi connectivity index (χ2n) is 4.27. The van der Waals surface area contributed by atoms with Gasteiger partial charge in [-0.3, -0.25) is 4.57 Å². The van der Waals surface area contributed by atoms with Gasteiger partial charge in [-0.15, -0.1) is 0 Å². The molecular weight excluding hydrogens is 236 g/mol. The number of aromatic nitrogens is 4. The molecule has 2 aromatic rings. The molecule has 0 unspecified atom stereocenters. The van der Waals surface area contributed by atoms with E-state index in [1.807, 2.05) is 0 Å². The van der Waals surface area contributed by atoms with Crippen molar-refractivity contribution in [2.45, 2.75) is 24.9 Å². The fraction of sp³-hybridized carbons (Fsp3) is 0.500. The molecule has 3 heterocycles. The third-order valence-corrected chi connectivity index (χ3v) is 3.09. The standard InChI is InChI=1S/C10H14N6O2/c11-2-5-1-6(17)10(18-5)16-4-15-7-8(12)13-3-14-9(7)16/h3-6,10,17H,1-2,11H2,(H2,12,13,14)/t5-,6+,10+/m0/s1. The van der Waals surface area contributed by atoms with Crippen molar-refractivity contribution in [3.63, 3.8) is 0 Å². The first kappa shape index (κ1) is 11.3. The van der Waals surface area contributed by atoms with Crippen molar-refractivity contribution in [1.82, 2.24) is 19.5 Å². The van der Waals surface area contributed by atoms with Crippen LogP contribution in [0.3, 0.4) is 0 Å². The maximum Gasteiger partial charge on any atom is 0.167 e. The number of fused-ring (bicyclic) bond motifs is 1. The molecule has 8 nitrogen and oxygen atoms in total. The van der Waals surface area contributed by atoms with Gasteiger partial charge in [0.25, 0.3) is 0 Å². The molecule has 0 spiro atoms. The number of imidazole rings is 1. The van der Waals surface area contributed by atoms with E-state index in [9.17, 15) is 5.11 Å². The van der Waals surface area contributed by atoms with E-state index in [1.54, 1.807) is 10.9 Å². The molecule has 5 N–H and O–H groups in total. The predicted octanol–water partition coefficient (Wildman–Crippen LogP) is -0.984. The summed E-state index contributed by atoms with van der Waals surface area (Å²) in [5, 5.41) is 9.99. The molecular formula is C10H14N6O2. The molecule has 0 bridgehead atoms. The van der Waals surface area contributed by atoms with E-state index in [2.05, 4.69) is 15.0 Å². The number of hydrogen-bond donors (Lipinski definition) is 3. The Bertz CT molecular complexity index is 570. The van der Waals surface area contributed by atoms with Gasteiger partial charge in [0, 0.05) is 13.0 Å². The number of nitrogens with two attached hydrogens (primary N) is 2. The van der Waals surface area contributed by atoms with Crippen LogP contribution >= 0.6 is 0 Å². The van der Waals surface area contributed by atoms with E-state index in [1.165, 1.54) is 6.33 Å². The number of hydrogen-bond acceptors (Lipinski definition) is 7. The minimum Gasteiger partial charge on any atom is -0.388 e. The van der Waals surface area contributed by atoms with Gasteiger partial charge in [-0.2, -0.15) is 0 Å². The molecule has 1 fully saturated rings. The molecule has 18 heavy (non-hydrogen) atoms. The third kappa shape index (κ3) is 1.62. The summed E-state index contributed by atoms with van der Waals surface area (Å²) in [6.45, 7) is 0.372. The van der Waals surface area contributed by atoms with Crippen molar-refractivity contribution in [1.29, 1.82) is 0 Å². The minimum absolute atomic E-state index is 0.151. The Morgan fingerprint density at radius 3 is 3.00 bits per heavy atom. The van der Waals surface area contributed by atoms with E-state index < -0.39 is 12.3 Å². The van der Waals surface area contributed by atoms with Gasteiger partial charge in [0.2, 0.25) is 0 Å². The zero-order valence-electron chi connectivity index (χ0n) is 9.60. The molecule has 0 aromatic carbocycles. The number of anilines is 1. The normalized spacial score (nSPS) is 28.0. The van der Waals surface area contributed by atoms with E-state index >= 15 is 0 Å². The van der Waals surface area contributed by atoms with Crippen LogP contribution in [0.1, 0.15) is 12.6 Å². The molecule has 1 saturated heterocycles. The van der Waals surface area contributed by atoms with Crippen molar-refractivity contribution in [3.8, 4) is 0 Å². The maximum atomic E-state index is 9.99. The number of aliphatic hydroxyl groups is 1. The minimum atomic E-state index is -0.632. The zero-order valence-corrected chi connectivity index (χ0v) is 9.60. The first-order valence-corrected chi connectivity index (χ1v) is 5.67. The first-order valence-electron chi connectivity index (χ1n) is 5.67. The summed E-state index contributed by atoms with van der Waals surface area (Å²) < 4.78 is 7.32. The van der Waals surface area contributed by atoms with Crippen LogP contribution in [0, 0.1) is 0 Å². The van der Waals surface area contributed by atoms with E-state index in [0.717, 1.165) is 0 Å². The zero-order chi connectivity index (χ0) is 12.7. The summed E-state index contributed by atoms with van der Waals surface area (Å²) in [7, 11) is 0. The molecule has 0 radical (unpaired) electrons. The summed E-state index contributed by atoms with van der Waals surface area (Å²) in [6.07, 6.45) is 2.09. The van der Waals surface area contributed by atoms with Gasteiger partial charge in [0.05, 0.1) is 12.4 Å². The molecule has 3 atom stereocenters. The third-order valence-electron chi connectivity index (χ3n) is 3.09. The summed E-state index contributed by atoms with van der Waals surface area (Å²) in [4.78, 5) is 12.1. The highest BCUT2D eigenvalue weighted by molar-refractivity contribution is 5.81. The highest BCUT2D eigenvalue weighted by Crippen LogP contribution is 2.30. The number of aliphatic hydroxyl groups excluding tert-OH is 1. The van der Waals surface area contributed by atoms with Crippen LogP contribution in [-0.4, -0.2) is 43.4 Å². The second-order valence-corrected chi connectivity index (χ2v) is 4.27. The summed E-state index contributed by atoms with van der Waals surface area (Å²) in [5.74, 6) is 0.307. The largest absolute Gasteiger partial charge is 0.388 e. The second kappa shape index (κ2) is 4.16. The van der Waals surface area contributed by atoms with Crippen LogP contribution in [-0.2, 0) is 4.74 Å². The Morgan fingerprint density at radius 2 is 2.28 bits per heavy atom. The average Bonchev–Trinajstić information content (AvgIpc) is 2.93. The summed E-state index contributed by atoms with van der Waals surface area (Å²) >= 11 is 0. The quantitative estimate of drug-likeness (QED) is 0.625. The van der Waals surface area contributed by atoms with Crippen molar-refractivity contribution in [2.75, 3.05) is 12.3 Å². The molecule has 2 aromatic heterocycles. The average molecular weight is 250 g/mol. The lowest BCUT2D eigenvalue weighted by atomic mass is 10.2. The number of rotatable bonds is 2. The molecule has 3 rings (SSSR count). The Kier molecular flexibility index (Phi) is 2.62. The van der Waals surface area contributed by atoms with Gasteiger partial charge in [-0.25, -0.2) is 15.0 Å². The van der Waals surface area contributed by atoms with Crippen LogP contribution in [0.15, 0.2) is 12.7 Å². The number of nitrogens with zero attached hydrogens (tertiary/aromatic N) is 4. The fourth-order valence-electron chi connectivity index (χ4n) is 2.19. The fourth-order valence-corrected chi connectivity index (χ4v) is 2.19. The number of nitrogen functional groups attached to an aromatic ring is 1. The molecule has 96 valence electrons. The number of ether oxygens (including phenoxy) is 1. The van der Waals surface area contributed by atoms with Gasteiger partial charge < -0.3 is 21.3 Å². The van der Waals surface area contributed by atoms with Gasteiger partial charge >= 0.3 is 0 Å². The van der Waals surface area contributed by atoms with Crippen molar-refractivity contribution in [2.24, 2.45) is 5.73 Å². The van der Waals surface area contributed by atoms with Crippen LogP contribution < -0.4 is 11.5 Å². The lowest BCUT2D eigenvalue weighted by Crippen LogP contribution is -2.20. The van der Waals surface area contributed by atoms with E-state index in [4.69, 9.17) is 16.2 Å². The Hall–Kier alpha value is -1.77. The van der Waals surface area contributed by atoms with Crippen molar-refractivity contribution in [3.05, 3.63) is 12.7 Å². The Labute approximate surface area is 103 Å². The molecule has 1 aliphatic rings. The SMILES string of the molecule is NC[C@@H]1C[C@@H](O)[C@H](n2cnc3c(N)ncnc32)O1. The van der Waals surface area contributed by atoms with Crippen molar-refractivity contribution >= 4 is 17.0 Å². The highest BCUT2D eigenvalue weighted by Gasteiger charge is 2.35. The van der Waals surface area contributed by atoms with Gasteiger partial charge in [-0.05, 0) is 0 Å². The van der Waals surface area contributed by atoms with Crippen molar-refractivity contribution < 1.29 is 9.84 Å². The molecule has 8 heteroatoms. The maximum absolute atomic E-state index is 9.99. The smallest absolute Gasteiger partial charge is 0.167 e. The molecule has 0 amide bonds. The lowest BCUT2D eigenvalue weighted by molar-refractivity contribution is -0.0321. The van der Waals surface area contributed by atoms with Gasteiger partial charge in [-0.1, -0.05) is 0 Å². The summed E-state index contributed by atoms with van der Waals surface area (Å²) in [5.41, 5.74) is 12.3. The summed E-state index contributed by atoms with van der Waals surface area (Å²) in [6, 6.07) is 0. The van der Waals surface area contributed by atoms with Crippen LogP contribution in [0.2, 0.25) is 0 Å². The Morgan fingerprint density at radius 1 is 1.44 bits per heavy atom. The Balaban J connectivity index is 2.02. The molecule has 0 aliphatic carbocycles. The van der Waals surface area contributed by atoms with Gasteiger partial charge in [0.15, 0.2) is 17.7 Å². The van der Waals surface area contributed by atoms with Gasteiger partial charge in [0.1, 0.15) is 17.9 Å². The molecule has 1 aliphatic heterocycles. The monoisotopic (exact) mass is 250 g/mol. The van der Waals surface area contributed by atoms with Crippen LogP contribution in [0.4, 0.5) is 5.82 Å². The molecule has 0 saturated carbocycles. The van der Waals surface area contributed by atoms with E-state index in [-0.39, 0.29) is 6.10 Å². The van der Waals surface area contributed by atoms with Crippen LogP contribution in [0.25, 0.3) is 11.2 Å². The highest BCUT2D eigenvalue weighted by atomic mass is 16.5. The predicted molar refractivity (Wildman–Crippen MR) is 63.3 cm³/mol. The topological polar surface area (TPSA) is 125 Å². The first-order chi connectivity index (χ1) is 8.70.